The molecule has 2 nitrogen and oxygen atoms in total. The smallest absolute Gasteiger partial charge is 0.404 e. The SMILES string of the molecule is CC(C)c1ccc(N(C)C)c(OC(F)(F)F)c1. The van der Waals surface area contributed by atoms with E-state index in [1.807, 2.05) is 19.9 Å². The van der Waals surface area contributed by atoms with Crippen molar-refractivity contribution in [2.45, 2.75) is 26.1 Å². The Bertz CT molecular complexity index is 386. The first-order valence-electron chi connectivity index (χ1n) is 5.27. The maximum Gasteiger partial charge on any atom is 0.573 e. The van der Waals surface area contributed by atoms with Crippen molar-refractivity contribution in [1.29, 1.82) is 0 Å². The molecule has 96 valence electrons. The number of benzene rings is 1. The Morgan fingerprint density at radius 1 is 1.18 bits per heavy atom. The predicted molar refractivity (Wildman–Crippen MR) is 61.5 cm³/mol. The number of hydrogen-bond donors (Lipinski definition) is 0. The molecular formula is C12H16F3NO. The van der Waals surface area contributed by atoms with Crippen LogP contribution in [0, 0.1) is 0 Å². The van der Waals surface area contributed by atoms with Crippen LogP contribution in [0.2, 0.25) is 0 Å². The van der Waals surface area contributed by atoms with Crippen LogP contribution in [-0.2, 0) is 0 Å². The van der Waals surface area contributed by atoms with Gasteiger partial charge in [0.05, 0.1) is 5.69 Å². The number of ether oxygens (including phenoxy) is 1. The molecule has 0 heterocycles. The average Bonchev–Trinajstić information content (AvgIpc) is 2.14. The van der Waals surface area contributed by atoms with Crippen LogP contribution in [0.1, 0.15) is 25.3 Å². The van der Waals surface area contributed by atoms with Gasteiger partial charge in [-0.3, -0.25) is 0 Å². The second-order valence-corrected chi connectivity index (χ2v) is 4.32. The fourth-order valence-corrected chi connectivity index (χ4v) is 1.47. The highest BCUT2D eigenvalue weighted by Crippen LogP contribution is 2.34. The van der Waals surface area contributed by atoms with Crippen LogP contribution in [0.5, 0.6) is 5.75 Å². The van der Waals surface area contributed by atoms with E-state index >= 15 is 0 Å². The number of rotatable bonds is 3. The summed E-state index contributed by atoms with van der Waals surface area (Å²) < 4.78 is 40.9. The molecule has 0 amide bonds. The summed E-state index contributed by atoms with van der Waals surface area (Å²) in [6.07, 6.45) is -4.67. The molecule has 17 heavy (non-hydrogen) atoms. The van der Waals surface area contributed by atoms with Gasteiger partial charge in [-0.25, -0.2) is 0 Å². The molecule has 0 saturated heterocycles. The van der Waals surface area contributed by atoms with Crippen molar-refractivity contribution in [3.8, 4) is 5.75 Å². The summed E-state index contributed by atoms with van der Waals surface area (Å²) in [6.45, 7) is 3.84. The highest BCUT2D eigenvalue weighted by molar-refractivity contribution is 5.59. The van der Waals surface area contributed by atoms with Gasteiger partial charge in [-0.05, 0) is 23.6 Å². The van der Waals surface area contributed by atoms with Crippen LogP contribution in [-0.4, -0.2) is 20.5 Å². The number of alkyl halides is 3. The molecule has 0 spiro atoms. The molecule has 0 aliphatic heterocycles. The van der Waals surface area contributed by atoms with Crippen molar-refractivity contribution in [1.82, 2.24) is 0 Å². The van der Waals surface area contributed by atoms with E-state index < -0.39 is 6.36 Å². The molecular weight excluding hydrogens is 231 g/mol. The first-order valence-corrected chi connectivity index (χ1v) is 5.27. The largest absolute Gasteiger partial charge is 0.573 e. The summed E-state index contributed by atoms with van der Waals surface area (Å²) in [6, 6.07) is 4.88. The van der Waals surface area contributed by atoms with E-state index in [4.69, 9.17) is 0 Å². The molecule has 0 aliphatic carbocycles. The van der Waals surface area contributed by atoms with E-state index in [1.54, 1.807) is 25.1 Å². The fraction of sp³-hybridized carbons (Fsp3) is 0.500. The summed E-state index contributed by atoms with van der Waals surface area (Å²) in [5, 5.41) is 0. The van der Waals surface area contributed by atoms with Crippen molar-refractivity contribution in [2.24, 2.45) is 0 Å². The Labute approximate surface area is 99.0 Å². The highest BCUT2D eigenvalue weighted by atomic mass is 19.4. The minimum atomic E-state index is -4.67. The second kappa shape index (κ2) is 4.85. The fourth-order valence-electron chi connectivity index (χ4n) is 1.47. The molecule has 0 saturated carbocycles. The zero-order chi connectivity index (χ0) is 13.2. The van der Waals surface area contributed by atoms with E-state index in [0.717, 1.165) is 5.56 Å². The molecule has 0 fully saturated rings. The monoisotopic (exact) mass is 247 g/mol. The first-order chi connectivity index (χ1) is 7.70. The Balaban J connectivity index is 3.16. The summed E-state index contributed by atoms with van der Waals surface area (Å²) in [7, 11) is 3.35. The van der Waals surface area contributed by atoms with Crippen molar-refractivity contribution >= 4 is 5.69 Å². The number of anilines is 1. The number of halogens is 3. The molecule has 5 heteroatoms. The maximum atomic E-state index is 12.3. The molecule has 0 aromatic heterocycles. The van der Waals surface area contributed by atoms with Crippen molar-refractivity contribution in [3.63, 3.8) is 0 Å². The van der Waals surface area contributed by atoms with Crippen LogP contribution < -0.4 is 9.64 Å². The van der Waals surface area contributed by atoms with Gasteiger partial charge in [-0.15, -0.1) is 13.2 Å². The van der Waals surface area contributed by atoms with Gasteiger partial charge in [0.15, 0.2) is 5.75 Å². The van der Waals surface area contributed by atoms with Crippen molar-refractivity contribution in [3.05, 3.63) is 23.8 Å². The predicted octanol–water partition coefficient (Wildman–Crippen LogP) is 3.77. The van der Waals surface area contributed by atoms with Gasteiger partial charge in [0.1, 0.15) is 0 Å². The minimum absolute atomic E-state index is 0.154. The highest BCUT2D eigenvalue weighted by Gasteiger charge is 2.32. The van der Waals surface area contributed by atoms with Gasteiger partial charge in [0.2, 0.25) is 0 Å². The Hall–Kier alpha value is -1.39. The van der Waals surface area contributed by atoms with Gasteiger partial charge >= 0.3 is 6.36 Å². The molecule has 0 bridgehead atoms. The van der Waals surface area contributed by atoms with E-state index in [1.165, 1.54) is 6.07 Å². The summed E-state index contributed by atoms with van der Waals surface area (Å²) in [4.78, 5) is 1.59. The lowest BCUT2D eigenvalue weighted by molar-refractivity contribution is -0.274. The number of nitrogens with zero attached hydrogens (tertiary/aromatic N) is 1. The zero-order valence-electron chi connectivity index (χ0n) is 10.3. The third-order valence-electron chi connectivity index (χ3n) is 2.36. The summed E-state index contributed by atoms with van der Waals surface area (Å²) in [5.74, 6) is -0.00417. The molecule has 0 aliphatic rings. The van der Waals surface area contributed by atoms with Gasteiger partial charge < -0.3 is 9.64 Å². The Kier molecular flexibility index (Phi) is 3.91. The quantitative estimate of drug-likeness (QED) is 0.806. The van der Waals surface area contributed by atoms with Crippen LogP contribution >= 0.6 is 0 Å². The molecule has 1 rings (SSSR count). The number of hydrogen-bond acceptors (Lipinski definition) is 2. The van der Waals surface area contributed by atoms with Crippen LogP contribution in [0.15, 0.2) is 18.2 Å². The summed E-state index contributed by atoms with van der Waals surface area (Å²) in [5.41, 5.74) is 1.22. The third-order valence-corrected chi connectivity index (χ3v) is 2.36. The standard InChI is InChI=1S/C12H16F3NO/c1-8(2)9-5-6-10(16(3)4)11(7-9)17-12(13,14)15/h5-8H,1-4H3. The van der Waals surface area contributed by atoms with Crippen LogP contribution in [0.3, 0.4) is 0 Å². The lowest BCUT2D eigenvalue weighted by Gasteiger charge is -2.20. The topological polar surface area (TPSA) is 12.5 Å². The van der Waals surface area contributed by atoms with Gasteiger partial charge in [0, 0.05) is 14.1 Å². The molecule has 0 atom stereocenters. The Morgan fingerprint density at radius 2 is 1.76 bits per heavy atom. The lowest BCUT2D eigenvalue weighted by Crippen LogP contribution is -2.20. The lowest BCUT2D eigenvalue weighted by atomic mass is 10.0. The van der Waals surface area contributed by atoms with Gasteiger partial charge in [-0.2, -0.15) is 0 Å². The molecule has 1 aromatic rings. The Morgan fingerprint density at radius 3 is 2.18 bits per heavy atom. The van der Waals surface area contributed by atoms with Crippen molar-refractivity contribution < 1.29 is 17.9 Å². The van der Waals surface area contributed by atoms with Gasteiger partial charge in [-0.1, -0.05) is 19.9 Å². The second-order valence-electron chi connectivity index (χ2n) is 4.32. The normalized spacial score (nSPS) is 11.8. The van der Waals surface area contributed by atoms with E-state index in [-0.39, 0.29) is 11.7 Å². The van der Waals surface area contributed by atoms with Crippen LogP contribution in [0.25, 0.3) is 0 Å². The van der Waals surface area contributed by atoms with Crippen LogP contribution in [0.4, 0.5) is 18.9 Å². The van der Waals surface area contributed by atoms with E-state index in [2.05, 4.69) is 4.74 Å². The molecule has 0 radical (unpaired) electrons. The maximum absolute atomic E-state index is 12.3. The van der Waals surface area contributed by atoms with E-state index in [0.29, 0.717) is 5.69 Å². The molecule has 0 N–H and O–H groups in total. The third kappa shape index (κ3) is 3.84. The zero-order valence-corrected chi connectivity index (χ0v) is 10.3. The molecule has 0 unspecified atom stereocenters. The first kappa shape index (κ1) is 13.7. The van der Waals surface area contributed by atoms with Gasteiger partial charge in [0.25, 0.3) is 0 Å². The average molecular weight is 247 g/mol. The minimum Gasteiger partial charge on any atom is -0.404 e. The summed E-state index contributed by atoms with van der Waals surface area (Å²) >= 11 is 0. The van der Waals surface area contributed by atoms with Crippen molar-refractivity contribution in [2.75, 3.05) is 19.0 Å². The molecule has 1 aromatic carbocycles. The van der Waals surface area contributed by atoms with E-state index in [9.17, 15) is 13.2 Å².